The molecular formula is C9H12FN. The normalized spacial score (nSPS) is 13.0. The van der Waals surface area contributed by atoms with Gasteiger partial charge in [0, 0.05) is 6.04 Å². The molecule has 2 N–H and O–H groups in total. The first-order valence-corrected chi connectivity index (χ1v) is 3.69. The minimum absolute atomic E-state index is 0.0203. The maximum Gasteiger partial charge on any atom is 0.126 e. The number of halogens is 1. The number of nitrogens with two attached hydrogens (primary N) is 1. The van der Waals surface area contributed by atoms with Crippen molar-refractivity contribution in [2.45, 2.75) is 19.4 Å². The van der Waals surface area contributed by atoms with Crippen LogP contribution in [0.25, 0.3) is 0 Å². The minimum Gasteiger partial charge on any atom is -0.328 e. The fraction of sp³-hybridized carbons (Fsp3) is 0.333. The molecule has 1 atom stereocenters. The van der Waals surface area contributed by atoms with Crippen LogP contribution in [-0.2, 0) is 6.42 Å². The average molecular weight is 154 g/mol. The van der Waals surface area contributed by atoms with Crippen molar-refractivity contribution < 1.29 is 4.39 Å². The number of hydrogen-bond donors (Lipinski definition) is 1. The molecule has 0 aliphatic rings. The molecule has 0 radical (unpaired) electrons. The zero-order valence-electron chi connectivity index (χ0n) is 6.55. The van der Waals surface area contributed by atoms with Gasteiger partial charge in [0.15, 0.2) is 0 Å². The largest absolute Gasteiger partial charge is 0.328 e. The Kier molecular flexibility index (Phi) is 2.60. The van der Waals surface area contributed by atoms with E-state index in [1.54, 1.807) is 12.1 Å². The molecule has 1 aromatic carbocycles. The molecule has 1 unspecified atom stereocenters. The maximum absolute atomic E-state index is 12.9. The third-order valence-electron chi connectivity index (χ3n) is 1.50. The smallest absolute Gasteiger partial charge is 0.126 e. The van der Waals surface area contributed by atoms with Crippen LogP contribution in [0.2, 0.25) is 0 Å². The van der Waals surface area contributed by atoms with Gasteiger partial charge < -0.3 is 5.73 Å². The lowest BCUT2D eigenvalue weighted by molar-refractivity contribution is 0.596. The fourth-order valence-electron chi connectivity index (χ4n) is 1.01. The van der Waals surface area contributed by atoms with E-state index in [0.29, 0.717) is 12.0 Å². The van der Waals surface area contributed by atoms with Crippen molar-refractivity contribution >= 4 is 0 Å². The summed E-state index contributed by atoms with van der Waals surface area (Å²) in [5, 5.41) is 0. The quantitative estimate of drug-likeness (QED) is 0.689. The molecule has 0 aromatic heterocycles. The monoisotopic (exact) mass is 154 g/mol. The SMILES string of the molecule is CC(N)Cc1[13cH]cccc1F. The van der Waals surface area contributed by atoms with E-state index in [0.717, 1.165) is 0 Å². The van der Waals surface area contributed by atoms with Crippen molar-refractivity contribution in [1.82, 2.24) is 0 Å². The van der Waals surface area contributed by atoms with Crippen LogP contribution in [0, 0.1) is 5.82 Å². The minimum atomic E-state index is -0.162. The highest BCUT2D eigenvalue weighted by Gasteiger charge is 2.01. The maximum atomic E-state index is 12.9. The standard InChI is InChI=1S/C9H12FN/c1-7(11)6-8-4-2-3-5-9(8)10/h2-5,7H,6,11H2,1H3/i4+1. The van der Waals surface area contributed by atoms with E-state index in [-0.39, 0.29) is 11.9 Å². The van der Waals surface area contributed by atoms with Crippen LogP contribution in [0.4, 0.5) is 4.39 Å². The topological polar surface area (TPSA) is 26.0 Å². The average Bonchev–Trinajstić information content (AvgIpc) is 1.93. The lowest BCUT2D eigenvalue weighted by Gasteiger charge is -2.04. The van der Waals surface area contributed by atoms with E-state index in [9.17, 15) is 4.39 Å². The molecule has 0 bridgehead atoms. The molecule has 0 saturated heterocycles. The summed E-state index contributed by atoms with van der Waals surface area (Å²) in [6.45, 7) is 1.87. The number of benzene rings is 1. The summed E-state index contributed by atoms with van der Waals surface area (Å²) in [4.78, 5) is 0. The van der Waals surface area contributed by atoms with Gasteiger partial charge in [-0.1, -0.05) is 18.2 Å². The Bertz CT molecular complexity index is 233. The van der Waals surface area contributed by atoms with Crippen molar-refractivity contribution in [1.29, 1.82) is 0 Å². The van der Waals surface area contributed by atoms with Crippen LogP contribution in [-0.4, -0.2) is 6.04 Å². The van der Waals surface area contributed by atoms with Crippen LogP contribution < -0.4 is 5.73 Å². The second-order valence-corrected chi connectivity index (χ2v) is 2.77. The Morgan fingerprint density at radius 1 is 1.45 bits per heavy atom. The molecule has 0 spiro atoms. The molecule has 1 rings (SSSR count). The Morgan fingerprint density at radius 3 is 2.64 bits per heavy atom. The van der Waals surface area contributed by atoms with Gasteiger partial charge in [-0.15, -0.1) is 0 Å². The second kappa shape index (κ2) is 3.49. The van der Waals surface area contributed by atoms with Gasteiger partial charge in [0.25, 0.3) is 0 Å². The van der Waals surface area contributed by atoms with Crippen LogP contribution in [0.5, 0.6) is 0 Å². The lowest BCUT2D eigenvalue weighted by atomic mass is 10.1. The summed E-state index contributed by atoms with van der Waals surface area (Å²) in [5.41, 5.74) is 6.22. The zero-order chi connectivity index (χ0) is 8.27. The predicted molar refractivity (Wildman–Crippen MR) is 43.8 cm³/mol. The second-order valence-electron chi connectivity index (χ2n) is 2.77. The first kappa shape index (κ1) is 8.21. The molecule has 0 saturated carbocycles. The van der Waals surface area contributed by atoms with Gasteiger partial charge in [0.1, 0.15) is 5.82 Å². The molecule has 0 heterocycles. The fourth-order valence-corrected chi connectivity index (χ4v) is 1.01. The summed E-state index contributed by atoms with van der Waals surface area (Å²) in [5.74, 6) is -0.162. The summed E-state index contributed by atoms with van der Waals surface area (Å²) in [6, 6.07) is 6.74. The number of rotatable bonds is 2. The third kappa shape index (κ3) is 2.31. The van der Waals surface area contributed by atoms with Gasteiger partial charge in [-0.2, -0.15) is 0 Å². The first-order chi connectivity index (χ1) is 5.20. The molecular weight excluding hydrogens is 142 g/mol. The van der Waals surface area contributed by atoms with E-state index in [1.807, 2.05) is 13.0 Å². The molecule has 0 amide bonds. The summed E-state index contributed by atoms with van der Waals surface area (Å²) in [6.07, 6.45) is 0.604. The highest BCUT2D eigenvalue weighted by molar-refractivity contribution is 5.17. The third-order valence-corrected chi connectivity index (χ3v) is 1.50. The van der Waals surface area contributed by atoms with Gasteiger partial charge in [0.05, 0.1) is 0 Å². The highest BCUT2D eigenvalue weighted by Crippen LogP contribution is 2.07. The summed E-state index contributed by atoms with van der Waals surface area (Å²) in [7, 11) is 0. The molecule has 1 nitrogen and oxygen atoms in total. The zero-order valence-corrected chi connectivity index (χ0v) is 6.55. The van der Waals surface area contributed by atoms with Gasteiger partial charge >= 0.3 is 0 Å². The Morgan fingerprint density at radius 2 is 2.09 bits per heavy atom. The van der Waals surface area contributed by atoms with Gasteiger partial charge in [-0.05, 0) is 25.0 Å². The van der Waals surface area contributed by atoms with Gasteiger partial charge in [-0.25, -0.2) is 4.39 Å². The highest BCUT2D eigenvalue weighted by atomic mass is 19.1. The van der Waals surface area contributed by atoms with Crippen molar-refractivity contribution in [2.75, 3.05) is 0 Å². The van der Waals surface area contributed by atoms with Crippen LogP contribution in [0.1, 0.15) is 12.5 Å². The molecule has 0 fully saturated rings. The molecule has 1 aromatic rings. The van der Waals surface area contributed by atoms with E-state index < -0.39 is 0 Å². The van der Waals surface area contributed by atoms with Gasteiger partial charge in [0.2, 0.25) is 0 Å². The predicted octanol–water partition coefficient (Wildman–Crippen LogP) is 1.72. The Hall–Kier alpha value is -0.890. The van der Waals surface area contributed by atoms with E-state index in [1.165, 1.54) is 6.07 Å². The molecule has 60 valence electrons. The molecule has 2 heteroatoms. The van der Waals surface area contributed by atoms with Crippen molar-refractivity contribution in [3.05, 3.63) is 35.6 Å². The molecule has 0 aliphatic heterocycles. The van der Waals surface area contributed by atoms with E-state index in [2.05, 4.69) is 0 Å². The van der Waals surface area contributed by atoms with E-state index in [4.69, 9.17) is 5.73 Å². The van der Waals surface area contributed by atoms with Crippen molar-refractivity contribution in [3.63, 3.8) is 0 Å². The van der Waals surface area contributed by atoms with Crippen LogP contribution >= 0.6 is 0 Å². The van der Waals surface area contributed by atoms with E-state index >= 15 is 0 Å². The number of hydrogen-bond acceptors (Lipinski definition) is 1. The summed E-state index contributed by atoms with van der Waals surface area (Å²) >= 11 is 0. The van der Waals surface area contributed by atoms with Crippen molar-refractivity contribution in [2.24, 2.45) is 5.73 Å². The lowest BCUT2D eigenvalue weighted by Crippen LogP contribution is -2.18. The van der Waals surface area contributed by atoms with Crippen molar-refractivity contribution in [3.8, 4) is 0 Å². The first-order valence-electron chi connectivity index (χ1n) is 3.69. The van der Waals surface area contributed by atoms with Gasteiger partial charge in [-0.3, -0.25) is 0 Å². The van der Waals surface area contributed by atoms with Crippen LogP contribution in [0.3, 0.4) is 0 Å². The summed E-state index contributed by atoms with van der Waals surface area (Å²) < 4.78 is 12.9. The molecule has 11 heavy (non-hydrogen) atoms. The Balaban J connectivity index is 2.78. The molecule has 0 aliphatic carbocycles. The Labute approximate surface area is 66.0 Å². The van der Waals surface area contributed by atoms with Crippen LogP contribution in [0.15, 0.2) is 24.3 Å².